The van der Waals surface area contributed by atoms with Gasteiger partial charge in [0.15, 0.2) is 0 Å². The Morgan fingerprint density at radius 1 is 1.29 bits per heavy atom. The molecule has 0 radical (unpaired) electrons. The lowest BCUT2D eigenvalue weighted by molar-refractivity contribution is -0.138. The molecule has 0 fully saturated rings. The third-order valence-corrected chi connectivity index (χ3v) is 2.50. The molecule has 0 rings (SSSR count). The molecule has 0 aliphatic rings. The standard InChI is InChI=1S/C13H25NO3/c1-10(8-12(16)17)9-14-11(15)6-5-7-13(2,3)4/h10H,5-9H2,1-4H3,(H,14,15)(H,16,17). The van der Waals surface area contributed by atoms with E-state index >= 15 is 0 Å². The summed E-state index contributed by atoms with van der Waals surface area (Å²) in [5.74, 6) is -0.815. The molecular weight excluding hydrogens is 218 g/mol. The van der Waals surface area contributed by atoms with Crippen molar-refractivity contribution in [3.8, 4) is 0 Å². The minimum absolute atomic E-state index is 0.0148. The van der Waals surface area contributed by atoms with E-state index in [1.807, 2.05) is 6.92 Å². The Bertz CT molecular complexity index is 256. The first-order valence-corrected chi connectivity index (χ1v) is 6.19. The average molecular weight is 243 g/mol. The van der Waals surface area contributed by atoms with Crippen molar-refractivity contribution in [2.45, 2.75) is 53.4 Å². The van der Waals surface area contributed by atoms with Crippen LogP contribution in [0.3, 0.4) is 0 Å². The van der Waals surface area contributed by atoms with E-state index in [4.69, 9.17) is 5.11 Å². The minimum Gasteiger partial charge on any atom is -0.481 e. The summed E-state index contributed by atoms with van der Waals surface area (Å²) in [6.45, 7) is 8.73. The van der Waals surface area contributed by atoms with Crippen LogP contribution in [-0.4, -0.2) is 23.5 Å². The third-order valence-electron chi connectivity index (χ3n) is 2.50. The minimum atomic E-state index is -0.820. The van der Waals surface area contributed by atoms with Gasteiger partial charge < -0.3 is 10.4 Å². The second-order valence-corrected chi connectivity index (χ2v) is 5.92. The van der Waals surface area contributed by atoms with E-state index in [0.717, 1.165) is 12.8 Å². The molecule has 0 aromatic carbocycles. The number of carboxylic acids is 1. The zero-order chi connectivity index (χ0) is 13.5. The Balaban J connectivity index is 3.63. The van der Waals surface area contributed by atoms with E-state index in [2.05, 4.69) is 26.1 Å². The van der Waals surface area contributed by atoms with Crippen molar-refractivity contribution < 1.29 is 14.7 Å². The van der Waals surface area contributed by atoms with Gasteiger partial charge in [0.1, 0.15) is 0 Å². The summed E-state index contributed by atoms with van der Waals surface area (Å²) in [6, 6.07) is 0. The van der Waals surface area contributed by atoms with Gasteiger partial charge in [0, 0.05) is 19.4 Å². The Morgan fingerprint density at radius 2 is 1.88 bits per heavy atom. The number of amides is 1. The molecule has 100 valence electrons. The Kier molecular flexibility index (Phi) is 6.85. The first-order chi connectivity index (χ1) is 7.70. The second-order valence-electron chi connectivity index (χ2n) is 5.92. The topological polar surface area (TPSA) is 66.4 Å². The summed E-state index contributed by atoms with van der Waals surface area (Å²) in [4.78, 5) is 21.9. The highest BCUT2D eigenvalue weighted by Crippen LogP contribution is 2.21. The summed E-state index contributed by atoms with van der Waals surface area (Å²) in [6.07, 6.45) is 2.52. The number of hydrogen-bond acceptors (Lipinski definition) is 2. The van der Waals surface area contributed by atoms with Gasteiger partial charge in [-0.1, -0.05) is 27.7 Å². The largest absolute Gasteiger partial charge is 0.481 e. The van der Waals surface area contributed by atoms with Crippen molar-refractivity contribution in [3.05, 3.63) is 0 Å². The molecule has 17 heavy (non-hydrogen) atoms. The van der Waals surface area contributed by atoms with E-state index in [1.54, 1.807) is 0 Å². The smallest absolute Gasteiger partial charge is 0.303 e. The fourth-order valence-corrected chi connectivity index (χ4v) is 1.53. The molecule has 1 amide bonds. The molecule has 0 bridgehead atoms. The van der Waals surface area contributed by atoms with Crippen LogP contribution in [0.1, 0.15) is 53.4 Å². The highest BCUT2D eigenvalue weighted by atomic mass is 16.4. The SMILES string of the molecule is CC(CNC(=O)CCCC(C)(C)C)CC(=O)O. The van der Waals surface area contributed by atoms with Crippen molar-refractivity contribution in [1.82, 2.24) is 5.32 Å². The van der Waals surface area contributed by atoms with Gasteiger partial charge in [-0.3, -0.25) is 9.59 Å². The highest BCUT2D eigenvalue weighted by molar-refractivity contribution is 5.75. The van der Waals surface area contributed by atoms with Crippen LogP contribution < -0.4 is 5.32 Å². The van der Waals surface area contributed by atoms with Crippen LogP contribution in [0.4, 0.5) is 0 Å². The fraction of sp³-hybridized carbons (Fsp3) is 0.846. The predicted molar refractivity (Wildman–Crippen MR) is 67.7 cm³/mol. The second kappa shape index (κ2) is 7.30. The van der Waals surface area contributed by atoms with Crippen LogP contribution in [0.2, 0.25) is 0 Å². The maximum absolute atomic E-state index is 11.5. The van der Waals surface area contributed by atoms with Crippen molar-refractivity contribution in [2.75, 3.05) is 6.54 Å². The first kappa shape index (κ1) is 15.9. The lowest BCUT2D eigenvalue weighted by Gasteiger charge is -2.17. The number of carbonyl (C=O) groups is 2. The molecule has 1 unspecified atom stereocenters. The lowest BCUT2D eigenvalue weighted by Crippen LogP contribution is -2.29. The summed E-state index contributed by atoms with van der Waals surface area (Å²) in [5, 5.41) is 11.3. The predicted octanol–water partition coefficient (Wildman–Crippen LogP) is 2.43. The van der Waals surface area contributed by atoms with Gasteiger partial charge in [0.2, 0.25) is 5.91 Å². The van der Waals surface area contributed by atoms with Crippen molar-refractivity contribution in [1.29, 1.82) is 0 Å². The van der Waals surface area contributed by atoms with Crippen LogP contribution in [0, 0.1) is 11.3 Å². The maximum atomic E-state index is 11.5. The molecule has 0 aromatic heterocycles. The number of aliphatic carboxylic acids is 1. The molecule has 0 aliphatic heterocycles. The molecule has 2 N–H and O–H groups in total. The molecule has 1 atom stereocenters. The number of hydrogen-bond donors (Lipinski definition) is 2. The number of carbonyl (C=O) groups excluding carboxylic acids is 1. The number of carboxylic acid groups (broad SMARTS) is 1. The van der Waals surface area contributed by atoms with Crippen LogP contribution in [0.5, 0.6) is 0 Å². The molecule has 4 heteroatoms. The Morgan fingerprint density at radius 3 is 2.35 bits per heavy atom. The van der Waals surface area contributed by atoms with E-state index in [-0.39, 0.29) is 23.7 Å². The lowest BCUT2D eigenvalue weighted by atomic mass is 9.90. The van der Waals surface area contributed by atoms with E-state index < -0.39 is 5.97 Å². The molecule has 4 nitrogen and oxygen atoms in total. The number of nitrogens with one attached hydrogen (secondary N) is 1. The van der Waals surface area contributed by atoms with Gasteiger partial charge in [-0.25, -0.2) is 0 Å². The van der Waals surface area contributed by atoms with Gasteiger partial charge in [-0.15, -0.1) is 0 Å². The third kappa shape index (κ3) is 11.2. The summed E-state index contributed by atoms with van der Waals surface area (Å²) < 4.78 is 0. The van der Waals surface area contributed by atoms with Crippen molar-refractivity contribution in [2.24, 2.45) is 11.3 Å². The van der Waals surface area contributed by atoms with Gasteiger partial charge in [0.25, 0.3) is 0 Å². The number of rotatable bonds is 7. The summed E-state index contributed by atoms with van der Waals surface area (Å²) in [7, 11) is 0. The molecule has 0 saturated carbocycles. The highest BCUT2D eigenvalue weighted by Gasteiger charge is 2.12. The van der Waals surface area contributed by atoms with E-state index in [1.165, 1.54) is 0 Å². The molecule has 0 saturated heterocycles. The van der Waals surface area contributed by atoms with Crippen molar-refractivity contribution in [3.63, 3.8) is 0 Å². The monoisotopic (exact) mass is 243 g/mol. The molecule has 0 spiro atoms. The van der Waals surface area contributed by atoms with Crippen LogP contribution >= 0.6 is 0 Å². The van der Waals surface area contributed by atoms with Crippen molar-refractivity contribution >= 4 is 11.9 Å². The molecule has 0 heterocycles. The van der Waals surface area contributed by atoms with Gasteiger partial charge >= 0.3 is 5.97 Å². The molecule has 0 aromatic rings. The first-order valence-electron chi connectivity index (χ1n) is 6.19. The normalized spacial score (nSPS) is 13.2. The molecular formula is C13H25NO3. The average Bonchev–Trinajstić information content (AvgIpc) is 2.11. The fourth-order valence-electron chi connectivity index (χ4n) is 1.53. The van der Waals surface area contributed by atoms with Gasteiger partial charge in [-0.05, 0) is 24.2 Å². The van der Waals surface area contributed by atoms with Crippen LogP contribution in [0.15, 0.2) is 0 Å². The Labute approximate surface area is 104 Å². The zero-order valence-electron chi connectivity index (χ0n) is 11.4. The van der Waals surface area contributed by atoms with Crippen LogP contribution in [-0.2, 0) is 9.59 Å². The molecule has 0 aliphatic carbocycles. The summed E-state index contributed by atoms with van der Waals surface area (Å²) >= 11 is 0. The van der Waals surface area contributed by atoms with Crippen LogP contribution in [0.25, 0.3) is 0 Å². The maximum Gasteiger partial charge on any atom is 0.303 e. The Hall–Kier alpha value is -1.06. The quantitative estimate of drug-likeness (QED) is 0.721. The van der Waals surface area contributed by atoms with E-state index in [0.29, 0.717) is 13.0 Å². The summed E-state index contributed by atoms with van der Waals surface area (Å²) in [5.41, 5.74) is 0.261. The zero-order valence-corrected chi connectivity index (χ0v) is 11.4. The van der Waals surface area contributed by atoms with Gasteiger partial charge in [-0.2, -0.15) is 0 Å². The van der Waals surface area contributed by atoms with Gasteiger partial charge in [0.05, 0.1) is 0 Å². The van der Waals surface area contributed by atoms with E-state index in [9.17, 15) is 9.59 Å².